The zero-order valence-corrected chi connectivity index (χ0v) is 24.7. The molecule has 12 heteroatoms. The number of imidazole rings is 2. The van der Waals surface area contributed by atoms with E-state index in [-0.39, 0.29) is 12.6 Å². The number of rotatable bonds is 13. The highest BCUT2D eigenvalue weighted by atomic mass is 35.5. The molecule has 11 nitrogen and oxygen atoms in total. The number of unbranched alkanes of at least 4 members (excludes halogenated alkanes) is 1. The van der Waals surface area contributed by atoms with Gasteiger partial charge in [-0.05, 0) is 42.4 Å². The summed E-state index contributed by atoms with van der Waals surface area (Å²) in [5, 5.41) is 14.9. The monoisotopic (exact) mass is 587 g/mol. The molecule has 3 aromatic heterocycles. The number of hydrogen-bond acceptors (Lipinski definition) is 8. The van der Waals surface area contributed by atoms with Crippen molar-refractivity contribution in [1.82, 2.24) is 45.0 Å². The van der Waals surface area contributed by atoms with E-state index in [4.69, 9.17) is 16.3 Å². The largest absolute Gasteiger partial charge is 0.458 e. The first kappa shape index (κ1) is 29.2. The van der Waals surface area contributed by atoms with Crippen LogP contribution in [0, 0.1) is 0 Å². The predicted octanol–water partition coefficient (Wildman–Crippen LogP) is 4.71. The van der Waals surface area contributed by atoms with Gasteiger partial charge in [0.1, 0.15) is 24.3 Å². The van der Waals surface area contributed by atoms with Crippen LogP contribution in [0.3, 0.4) is 0 Å². The van der Waals surface area contributed by atoms with Crippen LogP contribution in [0.25, 0.3) is 22.5 Å². The molecule has 0 saturated heterocycles. The maximum atomic E-state index is 13.1. The molecule has 0 fully saturated rings. The second kappa shape index (κ2) is 13.5. The van der Waals surface area contributed by atoms with Gasteiger partial charge >= 0.3 is 5.97 Å². The van der Waals surface area contributed by atoms with Crippen molar-refractivity contribution in [3.05, 3.63) is 89.0 Å². The van der Waals surface area contributed by atoms with E-state index in [0.29, 0.717) is 29.6 Å². The minimum Gasteiger partial charge on any atom is -0.458 e. The van der Waals surface area contributed by atoms with Crippen LogP contribution >= 0.6 is 11.6 Å². The molecule has 5 rings (SSSR count). The molecule has 42 heavy (non-hydrogen) atoms. The summed E-state index contributed by atoms with van der Waals surface area (Å²) in [5.74, 6) is 1.79. The zero-order chi connectivity index (χ0) is 29.5. The van der Waals surface area contributed by atoms with Crippen LogP contribution in [0.2, 0.25) is 5.15 Å². The lowest BCUT2D eigenvalue weighted by Gasteiger charge is -2.22. The molecule has 218 valence electrons. The van der Waals surface area contributed by atoms with Gasteiger partial charge in [-0.25, -0.2) is 9.97 Å². The molecule has 1 atom stereocenters. The highest BCUT2D eigenvalue weighted by molar-refractivity contribution is 6.30. The Hall–Kier alpha value is -4.35. The summed E-state index contributed by atoms with van der Waals surface area (Å²) in [6.07, 6.45) is 6.60. The van der Waals surface area contributed by atoms with Crippen LogP contribution in [0.15, 0.2) is 60.9 Å². The lowest BCUT2D eigenvalue weighted by atomic mass is 9.98. The van der Waals surface area contributed by atoms with Crippen molar-refractivity contribution in [3.8, 4) is 22.5 Å². The maximum absolute atomic E-state index is 13.1. The number of ether oxygens (including phenoxy) is 1. The molecule has 3 heterocycles. The molecule has 0 amide bonds. The van der Waals surface area contributed by atoms with Gasteiger partial charge in [-0.1, -0.05) is 73.5 Å². The first-order chi connectivity index (χ1) is 20.4. The van der Waals surface area contributed by atoms with Gasteiger partial charge in [0.25, 0.3) is 0 Å². The summed E-state index contributed by atoms with van der Waals surface area (Å²) in [6, 6.07) is 15.8. The van der Waals surface area contributed by atoms with Crippen LogP contribution in [0.1, 0.15) is 42.7 Å². The van der Waals surface area contributed by atoms with Gasteiger partial charge < -0.3 is 14.3 Å². The van der Waals surface area contributed by atoms with Gasteiger partial charge in [0.2, 0.25) is 5.82 Å². The molecule has 0 bridgehead atoms. The van der Waals surface area contributed by atoms with Gasteiger partial charge in [-0.15, -0.1) is 10.2 Å². The second-order valence-corrected chi connectivity index (χ2v) is 10.6. The van der Waals surface area contributed by atoms with Crippen molar-refractivity contribution in [2.75, 3.05) is 14.1 Å². The molecule has 0 aliphatic heterocycles. The van der Waals surface area contributed by atoms with Crippen LogP contribution in [0.5, 0.6) is 0 Å². The van der Waals surface area contributed by atoms with E-state index in [1.807, 2.05) is 43.3 Å². The number of likely N-dealkylation sites (N-methyl/N-ethyl adjacent to an activating group) is 1. The van der Waals surface area contributed by atoms with E-state index in [2.05, 4.69) is 71.3 Å². The number of nitrogens with one attached hydrogen (secondary N) is 2. The van der Waals surface area contributed by atoms with E-state index in [1.165, 1.54) is 0 Å². The van der Waals surface area contributed by atoms with E-state index in [0.717, 1.165) is 53.2 Å². The number of H-pyrrole nitrogens is 2. The SMILES string of the molecule is CCCCc1nc(Cl)c(COC(=O)C(Cc2ncc[nH]2)N(C)C)n1Cc1ccc(-c2ccccc2-c2nn[nH]n2)cc1. The van der Waals surface area contributed by atoms with Crippen LogP contribution in [-0.2, 0) is 35.5 Å². The summed E-state index contributed by atoms with van der Waals surface area (Å²) in [5.41, 5.74) is 4.69. The molecule has 2 N–H and O–H groups in total. The molecule has 0 saturated carbocycles. The Morgan fingerprint density at radius 2 is 1.90 bits per heavy atom. The zero-order valence-electron chi connectivity index (χ0n) is 23.9. The quantitative estimate of drug-likeness (QED) is 0.189. The summed E-state index contributed by atoms with van der Waals surface area (Å²) in [7, 11) is 3.69. The number of carbonyl (C=O) groups is 1. The lowest BCUT2D eigenvalue weighted by Crippen LogP contribution is -2.39. The highest BCUT2D eigenvalue weighted by Crippen LogP contribution is 2.30. The molecule has 0 radical (unpaired) electrons. The number of aromatic amines is 2. The minimum atomic E-state index is -0.492. The van der Waals surface area contributed by atoms with E-state index in [1.54, 1.807) is 12.4 Å². The Morgan fingerprint density at radius 3 is 2.57 bits per heavy atom. The third-order valence-electron chi connectivity index (χ3n) is 7.16. The van der Waals surface area contributed by atoms with Gasteiger partial charge in [0.05, 0.1) is 5.69 Å². The number of tetrazole rings is 1. The smallest absolute Gasteiger partial charge is 0.324 e. The van der Waals surface area contributed by atoms with Crippen molar-refractivity contribution in [1.29, 1.82) is 0 Å². The standard InChI is InChI=1S/C30H34ClN9O2/c1-4-5-10-27-34-28(31)25(19-42-30(41)24(39(2)3)17-26-32-15-16-33-26)40(27)18-20-11-13-21(14-12-20)22-8-6-7-9-23(22)29-35-37-38-36-29/h6-9,11-16,24H,4-5,10,17-19H2,1-3H3,(H,32,33)(H,35,36,37,38). The third kappa shape index (κ3) is 6.75. The number of carbonyl (C=O) groups excluding carboxylic acids is 1. The van der Waals surface area contributed by atoms with Gasteiger partial charge in [0.15, 0.2) is 5.15 Å². The maximum Gasteiger partial charge on any atom is 0.324 e. The Morgan fingerprint density at radius 1 is 1.12 bits per heavy atom. The average Bonchev–Trinajstić information content (AvgIpc) is 3.77. The van der Waals surface area contributed by atoms with E-state index < -0.39 is 6.04 Å². The Balaban J connectivity index is 1.36. The first-order valence-electron chi connectivity index (χ1n) is 13.9. The highest BCUT2D eigenvalue weighted by Gasteiger charge is 2.26. The molecule has 1 unspecified atom stereocenters. The minimum absolute atomic E-state index is 0.0233. The number of esters is 1. The first-order valence-corrected chi connectivity index (χ1v) is 14.3. The molecule has 5 aromatic rings. The number of aromatic nitrogens is 8. The summed E-state index contributed by atoms with van der Waals surface area (Å²) < 4.78 is 7.89. The topological polar surface area (TPSA) is 130 Å². The van der Waals surface area contributed by atoms with E-state index >= 15 is 0 Å². The van der Waals surface area contributed by atoms with Crippen molar-refractivity contribution in [2.45, 2.75) is 51.8 Å². The molecule has 0 spiro atoms. The number of aryl methyl sites for hydroxylation is 1. The summed E-state index contributed by atoms with van der Waals surface area (Å²) >= 11 is 6.64. The third-order valence-corrected chi connectivity index (χ3v) is 7.47. The fourth-order valence-electron chi connectivity index (χ4n) is 4.84. The van der Waals surface area contributed by atoms with E-state index in [9.17, 15) is 4.79 Å². The van der Waals surface area contributed by atoms with Crippen LogP contribution < -0.4 is 0 Å². The molecular formula is C30H34ClN9O2. The predicted molar refractivity (Wildman–Crippen MR) is 160 cm³/mol. The normalized spacial score (nSPS) is 12.1. The molecular weight excluding hydrogens is 554 g/mol. The molecule has 0 aliphatic rings. The summed E-state index contributed by atoms with van der Waals surface area (Å²) in [4.78, 5) is 26.9. The van der Waals surface area contributed by atoms with Gasteiger partial charge in [0, 0.05) is 37.3 Å². The molecule has 2 aromatic carbocycles. The number of nitrogens with zero attached hydrogens (tertiary/aromatic N) is 7. The second-order valence-electron chi connectivity index (χ2n) is 10.3. The number of halogens is 1. The number of hydrogen-bond donors (Lipinski definition) is 2. The van der Waals surface area contributed by atoms with Crippen molar-refractivity contribution in [3.63, 3.8) is 0 Å². The Bertz CT molecular complexity index is 1580. The summed E-state index contributed by atoms with van der Waals surface area (Å²) in [6.45, 7) is 2.71. The van der Waals surface area contributed by atoms with Crippen molar-refractivity contribution < 1.29 is 9.53 Å². The van der Waals surface area contributed by atoms with Crippen molar-refractivity contribution in [2.24, 2.45) is 0 Å². The van der Waals surface area contributed by atoms with Gasteiger partial charge in [-0.2, -0.15) is 5.21 Å². The van der Waals surface area contributed by atoms with Crippen LogP contribution in [0.4, 0.5) is 0 Å². The Kier molecular flexibility index (Phi) is 9.40. The fraction of sp³-hybridized carbons (Fsp3) is 0.333. The fourth-order valence-corrected chi connectivity index (χ4v) is 5.09. The van der Waals surface area contributed by atoms with Crippen molar-refractivity contribution >= 4 is 17.6 Å². The molecule has 0 aliphatic carbocycles. The lowest BCUT2D eigenvalue weighted by molar-refractivity contribution is -0.150. The number of benzene rings is 2. The average molecular weight is 588 g/mol. The van der Waals surface area contributed by atoms with Gasteiger partial charge in [-0.3, -0.25) is 9.69 Å². The Labute approximate surface area is 249 Å². The van der Waals surface area contributed by atoms with Crippen LogP contribution in [-0.4, -0.2) is 71.1 Å².